The lowest BCUT2D eigenvalue weighted by Crippen LogP contribution is -2.34. The fraction of sp³-hybridized carbons (Fsp3) is 0.227. The molecule has 1 N–H and O–H groups in total. The van der Waals surface area contributed by atoms with Gasteiger partial charge in [0.25, 0.3) is 5.56 Å². The lowest BCUT2D eigenvalue weighted by atomic mass is 10.1. The molecule has 1 amide bonds. The van der Waals surface area contributed by atoms with Gasteiger partial charge in [0.15, 0.2) is 0 Å². The van der Waals surface area contributed by atoms with Crippen LogP contribution in [0.2, 0.25) is 0 Å². The average Bonchev–Trinajstić information content (AvgIpc) is 2.76. The van der Waals surface area contributed by atoms with Crippen molar-refractivity contribution in [3.8, 4) is 22.8 Å². The Morgan fingerprint density at radius 3 is 2.48 bits per heavy atom. The lowest BCUT2D eigenvalue weighted by molar-refractivity contribution is -0.119. The maximum absolute atomic E-state index is 13.0. The number of anilines is 1. The third-order valence-corrected chi connectivity index (χ3v) is 4.55. The largest absolute Gasteiger partial charge is 0.497 e. The van der Waals surface area contributed by atoms with Gasteiger partial charge in [-0.25, -0.2) is 4.68 Å². The van der Waals surface area contributed by atoms with Crippen molar-refractivity contribution in [2.45, 2.75) is 19.4 Å². The number of amides is 1. The Labute approximate surface area is 168 Å². The first-order valence-electron chi connectivity index (χ1n) is 9.25. The van der Waals surface area contributed by atoms with E-state index in [1.807, 2.05) is 37.3 Å². The second-order valence-corrected chi connectivity index (χ2v) is 6.35. The molecule has 0 radical (unpaired) electrons. The number of hydrogen-bond donors (Lipinski definition) is 1. The molecule has 7 nitrogen and oxygen atoms in total. The predicted molar refractivity (Wildman–Crippen MR) is 111 cm³/mol. The van der Waals surface area contributed by atoms with Gasteiger partial charge >= 0.3 is 0 Å². The molecule has 1 heterocycles. The lowest BCUT2D eigenvalue weighted by Gasteiger charge is -2.18. The molecular formula is C22H23N3O4. The average molecular weight is 393 g/mol. The Balaban J connectivity index is 1.92. The topological polar surface area (TPSA) is 82.4 Å². The van der Waals surface area contributed by atoms with Gasteiger partial charge < -0.3 is 14.8 Å². The van der Waals surface area contributed by atoms with Gasteiger partial charge in [-0.1, -0.05) is 37.3 Å². The standard InChI is InChI=1S/C22H23N3O4/c1-4-19(22(27)23-18-11-10-16(28-2)14-20(18)29-3)25-21(26)13-12-17(24-25)15-8-6-5-7-9-15/h5-14,19H,4H2,1-3H3,(H,23,27)/t19-/m1/s1. The van der Waals surface area contributed by atoms with Crippen LogP contribution in [0.25, 0.3) is 11.3 Å². The first-order chi connectivity index (χ1) is 14.1. The molecule has 3 rings (SSSR count). The zero-order chi connectivity index (χ0) is 20.8. The molecule has 0 aliphatic heterocycles. The van der Waals surface area contributed by atoms with E-state index >= 15 is 0 Å². The quantitative estimate of drug-likeness (QED) is 0.664. The van der Waals surface area contributed by atoms with Gasteiger partial charge in [-0.05, 0) is 24.6 Å². The third kappa shape index (κ3) is 4.45. The minimum Gasteiger partial charge on any atom is -0.497 e. The van der Waals surface area contributed by atoms with Crippen LogP contribution >= 0.6 is 0 Å². The molecule has 0 saturated heterocycles. The summed E-state index contributed by atoms with van der Waals surface area (Å²) in [5.74, 6) is 0.724. The SMILES string of the molecule is CC[C@H](C(=O)Nc1ccc(OC)cc1OC)n1nc(-c2ccccc2)ccc1=O. The summed E-state index contributed by atoms with van der Waals surface area (Å²) in [6.07, 6.45) is 0.398. The van der Waals surface area contributed by atoms with Gasteiger partial charge in [-0.3, -0.25) is 9.59 Å². The van der Waals surface area contributed by atoms with E-state index in [0.717, 1.165) is 5.56 Å². The van der Waals surface area contributed by atoms with Crippen LogP contribution in [0, 0.1) is 0 Å². The number of carbonyl (C=O) groups excluding carboxylic acids is 1. The minimum atomic E-state index is -0.766. The summed E-state index contributed by atoms with van der Waals surface area (Å²) < 4.78 is 11.7. The van der Waals surface area contributed by atoms with E-state index in [9.17, 15) is 9.59 Å². The number of ether oxygens (including phenoxy) is 2. The fourth-order valence-corrected chi connectivity index (χ4v) is 3.00. The highest BCUT2D eigenvalue weighted by Gasteiger charge is 2.22. The number of benzene rings is 2. The first kappa shape index (κ1) is 20.1. The number of nitrogens with zero attached hydrogens (tertiary/aromatic N) is 2. The summed E-state index contributed by atoms with van der Waals surface area (Å²) in [7, 11) is 3.06. The molecule has 0 fully saturated rings. The molecule has 0 aliphatic rings. The van der Waals surface area contributed by atoms with Crippen LogP contribution < -0.4 is 20.3 Å². The number of carbonyl (C=O) groups is 1. The van der Waals surface area contributed by atoms with Gasteiger partial charge in [0.2, 0.25) is 5.91 Å². The number of hydrogen-bond acceptors (Lipinski definition) is 5. The van der Waals surface area contributed by atoms with Gasteiger partial charge in [0.1, 0.15) is 17.5 Å². The number of methoxy groups -OCH3 is 2. The van der Waals surface area contributed by atoms with Crippen molar-refractivity contribution >= 4 is 11.6 Å². The highest BCUT2D eigenvalue weighted by atomic mass is 16.5. The van der Waals surface area contributed by atoms with Crippen LogP contribution in [-0.4, -0.2) is 29.9 Å². The van der Waals surface area contributed by atoms with E-state index in [1.54, 1.807) is 31.4 Å². The van der Waals surface area contributed by atoms with Crippen molar-refractivity contribution in [3.63, 3.8) is 0 Å². The summed E-state index contributed by atoms with van der Waals surface area (Å²) in [6, 6.07) is 16.9. The van der Waals surface area contributed by atoms with Gasteiger partial charge in [0.05, 0.1) is 25.6 Å². The fourth-order valence-electron chi connectivity index (χ4n) is 3.00. The summed E-state index contributed by atoms with van der Waals surface area (Å²) in [6.45, 7) is 1.83. The van der Waals surface area contributed by atoms with Crippen LogP contribution in [0.4, 0.5) is 5.69 Å². The van der Waals surface area contributed by atoms with Crippen LogP contribution in [0.5, 0.6) is 11.5 Å². The van der Waals surface area contributed by atoms with Crippen molar-refractivity contribution in [1.29, 1.82) is 0 Å². The van der Waals surface area contributed by atoms with E-state index in [-0.39, 0.29) is 11.5 Å². The van der Waals surface area contributed by atoms with Crippen LogP contribution in [-0.2, 0) is 4.79 Å². The second-order valence-electron chi connectivity index (χ2n) is 6.35. The van der Waals surface area contributed by atoms with E-state index in [1.165, 1.54) is 17.9 Å². The highest BCUT2D eigenvalue weighted by molar-refractivity contribution is 5.95. The summed E-state index contributed by atoms with van der Waals surface area (Å²) in [5.41, 5.74) is 1.64. The van der Waals surface area contributed by atoms with E-state index < -0.39 is 6.04 Å². The molecule has 2 aromatic carbocycles. The zero-order valence-electron chi connectivity index (χ0n) is 16.6. The molecule has 7 heteroatoms. The predicted octanol–water partition coefficient (Wildman–Crippen LogP) is 3.52. The van der Waals surface area contributed by atoms with Gasteiger partial charge in [-0.2, -0.15) is 5.10 Å². The maximum atomic E-state index is 13.0. The van der Waals surface area contributed by atoms with Crippen molar-refractivity contribution in [2.24, 2.45) is 0 Å². The molecule has 29 heavy (non-hydrogen) atoms. The molecule has 3 aromatic rings. The summed E-state index contributed by atoms with van der Waals surface area (Å²) in [5, 5.41) is 7.27. The van der Waals surface area contributed by atoms with Crippen LogP contribution in [0.3, 0.4) is 0 Å². The van der Waals surface area contributed by atoms with Gasteiger partial charge in [0, 0.05) is 17.7 Å². The monoisotopic (exact) mass is 393 g/mol. The molecule has 150 valence electrons. The Morgan fingerprint density at radius 2 is 1.83 bits per heavy atom. The number of rotatable bonds is 7. The first-order valence-corrected chi connectivity index (χ1v) is 9.25. The van der Waals surface area contributed by atoms with Crippen LogP contribution in [0.15, 0.2) is 65.5 Å². The highest BCUT2D eigenvalue weighted by Crippen LogP contribution is 2.30. The Bertz CT molecular complexity index is 1050. The Morgan fingerprint density at radius 1 is 1.07 bits per heavy atom. The molecule has 0 bridgehead atoms. The van der Waals surface area contributed by atoms with Crippen molar-refractivity contribution < 1.29 is 14.3 Å². The maximum Gasteiger partial charge on any atom is 0.267 e. The van der Waals surface area contributed by atoms with E-state index in [2.05, 4.69) is 10.4 Å². The molecular weight excluding hydrogens is 370 g/mol. The summed E-state index contributed by atoms with van der Waals surface area (Å²) in [4.78, 5) is 25.4. The summed E-state index contributed by atoms with van der Waals surface area (Å²) >= 11 is 0. The van der Waals surface area contributed by atoms with Crippen molar-refractivity contribution in [2.75, 3.05) is 19.5 Å². The van der Waals surface area contributed by atoms with Crippen molar-refractivity contribution in [3.05, 3.63) is 71.0 Å². The third-order valence-electron chi connectivity index (χ3n) is 4.55. The molecule has 0 spiro atoms. The molecule has 1 atom stereocenters. The number of nitrogens with one attached hydrogen (secondary N) is 1. The Hall–Kier alpha value is -3.61. The number of aromatic nitrogens is 2. The smallest absolute Gasteiger partial charge is 0.267 e. The Kier molecular flexibility index (Phi) is 6.29. The van der Waals surface area contributed by atoms with Gasteiger partial charge in [-0.15, -0.1) is 0 Å². The molecule has 0 saturated carbocycles. The molecule has 0 aliphatic carbocycles. The molecule has 1 aromatic heterocycles. The van der Waals surface area contributed by atoms with E-state index in [0.29, 0.717) is 29.3 Å². The zero-order valence-corrected chi connectivity index (χ0v) is 16.6. The normalized spacial score (nSPS) is 11.6. The molecule has 0 unspecified atom stereocenters. The van der Waals surface area contributed by atoms with Crippen molar-refractivity contribution in [1.82, 2.24) is 9.78 Å². The second kappa shape index (κ2) is 9.05. The minimum absolute atomic E-state index is 0.339. The van der Waals surface area contributed by atoms with E-state index in [4.69, 9.17) is 9.47 Å². The van der Waals surface area contributed by atoms with Crippen LogP contribution in [0.1, 0.15) is 19.4 Å².